The number of benzene rings is 2. The summed E-state index contributed by atoms with van der Waals surface area (Å²) in [6, 6.07) is 4.58. The van der Waals surface area contributed by atoms with Crippen LogP contribution in [0.25, 0.3) is 11.1 Å². The normalized spacial score (nSPS) is 10.1. The van der Waals surface area contributed by atoms with Crippen LogP contribution in [0.3, 0.4) is 0 Å². The number of hydrogen-bond acceptors (Lipinski definition) is 11. The Kier molecular flexibility index (Phi) is 7.80. The van der Waals surface area contributed by atoms with Crippen molar-refractivity contribution in [1.82, 2.24) is 0 Å². The highest BCUT2D eigenvalue weighted by atomic mass is 16.6. The molecule has 0 aliphatic carbocycles. The van der Waals surface area contributed by atoms with Gasteiger partial charge in [0, 0.05) is 23.3 Å². The lowest BCUT2D eigenvalue weighted by atomic mass is 9.82. The number of carbonyl (C=O) groups excluding carboxylic acids is 5. The fourth-order valence-corrected chi connectivity index (χ4v) is 3.37. The average Bonchev–Trinajstić information content (AvgIpc) is 2.84. The number of ether oxygens (including phenoxy) is 4. The fraction of sp³-hybridized carbons (Fsp3) is 0.227. The highest BCUT2D eigenvalue weighted by molar-refractivity contribution is 6.23. The van der Waals surface area contributed by atoms with Crippen LogP contribution in [0.2, 0.25) is 0 Å². The van der Waals surface area contributed by atoms with E-state index in [2.05, 4.69) is 0 Å². The molecule has 0 aliphatic heterocycles. The number of methoxy groups -OCH3 is 4. The topological polar surface area (TPSA) is 165 Å². The van der Waals surface area contributed by atoms with E-state index in [0.29, 0.717) is 0 Å². The second kappa shape index (κ2) is 10.3. The predicted molar refractivity (Wildman–Crippen MR) is 114 cm³/mol. The van der Waals surface area contributed by atoms with E-state index in [1.54, 1.807) is 0 Å². The third-order valence-corrected chi connectivity index (χ3v) is 4.78. The highest BCUT2D eigenvalue weighted by Gasteiger charge is 2.39. The first-order valence-electron chi connectivity index (χ1n) is 9.38. The minimum absolute atomic E-state index is 0.0305. The standard InChI is InChI=1S/C22H19NO11/c1-10(24)13-14(11-6-8-12(9-7-11)23(29)30)16(20(26)32-3)18(22(28)34-5)17(21(27)33-4)15(13)19(25)31-2/h6-9H,1-5H3. The fourth-order valence-electron chi connectivity index (χ4n) is 3.37. The first-order chi connectivity index (χ1) is 16.0. The third-order valence-electron chi connectivity index (χ3n) is 4.78. The Balaban J connectivity index is 3.32. The third kappa shape index (κ3) is 4.46. The number of ketones is 1. The van der Waals surface area contributed by atoms with Crippen LogP contribution in [-0.4, -0.2) is 63.0 Å². The van der Waals surface area contributed by atoms with E-state index >= 15 is 0 Å². The maximum absolute atomic E-state index is 12.9. The Labute approximate surface area is 192 Å². The molecule has 0 radical (unpaired) electrons. The van der Waals surface area contributed by atoms with Gasteiger partial charge in [-0.25, -0.2) is 19.2 Å². The number of Topliss-reactive ketones (excluding diaryl/α,β-unsaturated/α-hetero) is 1. The molecule has 0 N–H and O–H groups in total. The molecule has 0 unspecified atom stereocenters. The lowest BCUT2D eigenvalue weighted by molar-refractivity contribution is -0.384. The van der Waals surface area contributed by atoms with Gasteiger partial charge in [0.1, 0.15) is 0 Å². The monoisotopic (exact) mass is 473 g/mol. The molecule has 0 fully saturated rings. The van der Waals surface area contributed by atoms with Crippen LogP contribution >= 0.6 is 0 Å². The number of hydrogen-bond donors (Lipinski definition) is 0. The Morgan fingerprint density at radius 2 is 1.00 bits per heavy atom. The molecule has 0 bridgehead atoms. The molecule has 0 aromatic heterocycles. The van der Waals surface area contributed by atoms with Crippen molar-refractivity contribution in [3.63, 3.8) is 0 Å². The predicted octanol–water partition coefficient (Wildman–Crippen LogP) is 2.61. The summed E-state index contributed by atoms with van der Waals surface area (Å²) >= 11 is 0. The van der Waals surface area contributed by atoms with Crippen molar-refractivity contribution >= 4 is 35.3 Å². The zero-order valence-corrected chi connectivity index (χ0v) is 18.7. The number of rotatable bonds is 7. The smallest absolute Gasteiger partial charge is 0.339 e. The van der Waals surface area contributed by atoms with Gasteiger partial charge in [0.2, 0.25) is 0 Å². The Morgan fingerprint density at radius 3 is 1.35 bits per heavy atom. The van der Waals surface area contributed by atoms with E-state index in [-0.39, 0.29) is 16.8 Å². The van der Waals surface area contributed by atoms with Gasteiger partial charge in [-0.15, -0.1) is 0 Å². The highest BCUT2D eigenvalue weighted by Crippen LogP contribution is 2.38. The van der Waals surface area contributed by atoms with Crippen molar-refractivity contribution in [1.29, 1.82) is 0 Å². The van der Waals surface area contributed by atoms with Gasteiger partial charge in [0.25, 0.3) is 5.69 Å². The summed E-state index contributed by atoms with van der Waals surface area (Å²) in [4.78, 5) is 74.4. The number of carbonyl (C=O) groups is 5. The molecule has 0 atom stereocenters. The van der Waals surface area contributed by atoms with E-state index < -0.39 is 62.4 Å². The summed E-state index contributed by atoms with van der Waals surface area (Å²) in [6.45, 7) is 1.05. The average molecular weight is 473 g/mol. The molecule has 0 spiro atoms. The minimum Gasteiger partial charge on any atom is -0.465 e. The summed E-state index contributed by atoms with van der Waals surface area (Å²) in [5.41, 5.74) is -3.71. The maximum atomic E-state index is 12.9. The van der Waals surface area contributed by atoms with Crippen molar-refractivity contribution in [3.05, 3.63) is 62.2 Å². The van der Waals surface area contributed by atoms with Crippen molar-refractivity contribution in [2.75, 3.05) is 28.4 Å². The van der Waals surface area contributed by atoms with Crippen LogP contribution in [0.1, 0.15) is 58.7 Å². The molecular formula is C22H19NO11. The van der Waals surface area contributed by atoms with Gasteiger partial charge in [-0.05, 0) is 24.6 Å². The van der Waals surface area contributed by atoms with Crippen LogP contribution in [0.15, 0.2) is 24.3 Å². The molecule has 12 heteroatoms. The summed E-state index contributed by atoms with van der Waals surface area (Å²) in [5.74, 6) is -5.58. The molecule has 2 rings (SSSR count). The lowest BCUT2D eigenvalue weighted by Gasteiger charge is -2.22. The second-order valence-electron chi connectivity index (χ2n) is 6.58. The molecule has 0 amide bonds. The Bertz CT molecular complexity index is 1210. The molecule has 178 valence electrons. The number of nitrogens with zero attached hydrogens (tertiary/aromatic N) is 1. The summed E-state index contributed by atoms with van der Waals surface area (Å²) < 4.78 is 19.0. The number of nitro groups is 1. The molecule has 0 saturated heterocycles. The van der Waals surface area contributed by atoms with Crippen molar-refractivity contribution in [3.8, 4) is 11.1 Å². The molecule has 12 nitrogen and oxygen atoms in total. The first kappa shape index (κ1) is 25.6. The van der Waals surface area contributed by atoms with E-state index in [9.17, 15) is 34.1 Å². The number of non-ortho nitro benzene ring substituents is 1. The van der Waals surface area contributed by atoms with Crippen LogP contribution < -0.4 is 0 Å². The van der Waals surface area contributed by atoms with Gasteiger partial charge in [-0.2, -0.15) is 0 Å². The zero-order chi connectivity index (χ0) is 25.7. The van der Waals surface area contributed by atoms with Gasteiger partial charge < -0.3 is 18.9 Å². The molecule has 0 aliphatic rings. The van der Waals surface area contributed by atoms with Crippen molar-refractivity contribution < 1.29 is 47.8 Å². The van der Waals surface area contributed by atoms with E-state index in [0.717, 1.165) is 47.5 Å². The van der Waals surface area contributed by atoms with E-state index in [1.807, 2.05) is 0 Å². The van der Waals surface area contributed by atoms with Crippen LogP contribution in [-0.2, 0) is 18.9 Å². The SMILES string of the molecule is COC(=O)c1c(C(=O)OC)c(C(C)=O)c(-c2ccc([N+](=O)[O-])cc2)c(C(=O)OC)c1C(=O)OC. The van der Waals surface area contributed by atoms with E-state index in [4.69, 9.17) is 18.9 Å². The maximum Gasteiger partial charge on any atom is 0.339 e. The van der Waals surface area contributed by atoms with E-state index in [1.165, 1.54) is 12.1 Å². The van der Waals surface area contributed by atoms with Crippen LogP contribution in [0, 0.1) is 10.1 Å². The van der Waals surface area contributed by atoms with Gasteiger partial charge in [0.15, 0.2) is 5.78 Å². The quantitative estimate of drug-likeness (QED) is 0.191. The largest absolute Gasteiger partial charge is 0.465 e. The number of nitro benzene ring substituents is 1. The van der Waals surface area contributed by atoms with Crippen LogP contribution in [0.5, 0.6) is 0 Å². The van der Waals surface area contributed by atoms with Gasteiger partial charge in [-0.1, -0.05) is 0 Å². The van der Waals surface area contributed by atoms with Crippen molar-refractivity contribution in [2.24, 2.45) is 0 Å². The second-order valence-corrected chi connectivity index (χ2v) is 6.58. The lowest BCUT2D eigenvalue weighted by Crippen LogP contribution is -2.26. The number of esters is 4. The van der Waals surface area contributed by atoms with Gasteiger partial charge in [0.05, 0.1) is 55.6 Å². The first-order valence-corrected chi connectivity index (χ1v) is 9.38. The van der Waals surface area contributed by atoms with Gasteiger partial charge in [-0.3, -0.25) is 14.9 Å². The van der Waals surface area contributed by atoms with Gasteiger partial charge >= 0.3 is 23.9 Å². The van der Waals surface area contributed by atoms with Crippen molar-refractivity contribution in [2.45, 2.75) is 6.92 Å². The molecule has 34 heavy (non-hydrogen) atoms. The minimum atomic E-state index is -1.23. The molecule has 2 aromatic carbocycles. The molecule has 0 saturated carbocycles. The van der Waals surface area contributed by atoms with Crippen LogP contribution in [0.4, 0.5) is 5.69 Å². The summed E-state index contributed by atoms with van der Waals surface area (Å²) in [7, 11) is 3.89. The zero-order valence-electron chi connectivity index (χ0n) is 18.7. The molecular weight excluding hydrogens is 454 g/mol. The summed E-state index contributed by atoms with van der Waals surface area (Å²) in [5, 5.41) is 11.1. The molecule has 2 aromatic rings. The molecule has 0 heterocycles. The Morgan fingerprint density at radius 1 is 0.647 bits per heavy atom. The summed E-state index contributed by atoms with van der Waals surface area (Å²) in [6.07, 6.45) is 0. The Hall–Kier alpha value is -4.61.